The lowest BCUT2D eigenvalue weighted by Crippen LogP contribution is -2.20. The summed E-state index contributed by atoms with van der Waals surface area (Å²) in [5.74, 6) is 1.03. The van der Waals surface area contributed by atoms with Gasteiger partial charge in [0.2, 0.25) is 0 Å². The average molecular weight is 479 g/mol. The number of carbonyl (C=O) groups is 1. The number of halogens is 1. The molecule has 6 heteroatoms. The maximum absolute atomic E-state index is 12.7. The summed E-state index contributed by atoms with van der Waals surface area (Å²) in [6.45, 7) is 5.08. The van der Waals surface area contributed by atoms with E-state index in [0.29, 0.717) is 35.3 Å². The molecular formula is C28H31ClN2O3. The molecule has 3 rings (SSSR count). The zero-order valence-corrected chi connectivity index (χ0v) is 20.5. The second-order valence-corrected chi connectivity index (χ2v) is 8.42. The minimum absolute atomic E-state index is 0.300. The summed E-state index contributed by atoms with van der Waals surface area (Å²) in [5.41, 5.74) is 5.73. The third-order valence-corrected chi connectivity index (χ3v) is 5.56. The molecular weight excluding hydrogens is 448 g/mol. The topological polar surface area (TPSA) is 59.9 Å². The van der Waals surface area contributed by atoms with E-state index < -0.39 is 0 Å². The van der Waals surface area contributed by atoms with Crippen molar-refractivity contribution in [3.8, 4) is 11.5 Å². The van der Waals surface area contributed by atoms with Crippen LogP contribution in [0.2, 0.25) is 5.02 Å². The highest BCUT2D eigenvalue weighted by atomic mass is 35.5. The van der Waals surface area contributed by atoms with Gasteiger partial charge < -0.3 is 9.47 Å². The predicted octanol–water partition coefficient (Wildman–Crippen LogP) is 7.03. The number of amides is 1. The summed E-state index contributed by atoms with van der Waals surface area (Å²) in [7, 11) is 0. The van der Waals surface area contributed by atoms with Crippen molar-refractivity contribution >= 4 is 23.2 Å². The number of hydrogen-bond donors (Lipinski definition) is 1. The van der Waals surface area contributed by atoms with E-state index in [2.05, 4.69) is 17.5 Å². The highest BCUT2D eigenvalue weighted by Crippen LogP contribution is 2.19. The Bertz CT molecular complexity index is 1080. The molecule has 0 unspecified atom stereocenters. The van der Waals surface area contributed by atoms with Crippen LogP contribution in [-0.2, 0) is 6.61 Å². The van der Waals surface area contributed by atoms with Gasteiger partial charge in [0, 0.05) is 5.02 Å². The number of rotatable bonds is 12. The highest BCUT2D eigenvalue weighted by Gasteiger charge is 2.12. The second-order valence-electron chi connectivity index (χ2n) is 7.98. The summed E-state index contributed by atoms with van der Waals surface area (Å²) in [6, 6.07) is 22.4. The van der Waals surface area contributed by atoms with Crippen LogP contribution in [0.15, 0.2) is 77.9 Å². The summed E-state index contributed by atoms with van der Waals surface area (Å²) in [5, 5.41) is 4.97. The lowest BCUT2D eigenvalue weighted by Gasteiger charge is -2.11. The van der Waals surface area contributed by atoms with Gasteiger partial charge in [-0.1, -0.05) is 62.1 Å². The van der Waals surface area contributed by atoms with Crippen LogP contribution in [0, 0.1) is 0 Å². The molecule has 0 fully saturated rings. The first-order valence-corrected chi connectivity index (χ1v) is 12.0. The molecule has 0 aliphatic heterocycles. The van der Waals surface area contributed by atoms with Gasteiger partial charge in [0.15, 0.2) is 0 Å². The largest absolute Gasteiger partial charge is 0.493 e. The maximum Gasteiger partial charge on any atom is 0.275 e. The normalized spacial score (nSPS) is 11.2. The van der Waals surface area contributed by atoms with Crippen LogP contribution in [0.4, 0.5) is 0 Å². The van der Waals surface area contributed by atoms with Gasteiger partial charge in [0.1, 0.15) is 18.1 Å². The summed E-state index contributed by atoms with van der Waals surface area (Å²) < 4.78 is 11.7. The number of carbonyl (C=O) groups excluding carboxylic acids is 1. The quantitative estimate of drug-likeness (QED) is 0.172. The Kier molecular flexibility index (Phi) is 9.98. The van der Waals surface area contributed by atoms with Gasteiger partial charge in [0.05, 0.1) is 17.9 Å². The Morgan fingerprint density at radius 1 is 0.912 bits per heavy atom. The van der Waals surface area contributed by atoms with Crippen molar-refractivity contribution < 1.29 is 14.3 Å². The van der Waals surface area contributed by atoms with Gasteiger partial charge in [-0.15, -0.1) is 0 Å². The van der Waals surface area contributed by atoms with Gasteiger partial charge in [-0.2, -0.15) is 5.10 Å². The fourth-order valence-corrected chi connectivity index (χ4v) is 3.42. The molecule has 0 aromatic heterocycles. The first kappa shape index (κ1) is 25.3. The van der Waals surface area contributed by atoms with E-state index in [-0.39, 0.29) is 5.91 Å². The molecule has 1 amide bonds. The molecule has 0 saturated carbocycles. The predicted molar refractivity (Wildman–Crippen MR) is 138 cm³/mol. The molecule has 1 N–H and O–H groups in total. The fraction of sp³-hybridized carbons (Fsp3) is 0.286. The number of hydrazone groups is 1. The molecule has 3 aromatic carbocycles. The highest BCUT2D eigenvalue weighted by molar-refractivity contribution is 6.30. The Morgan fingerprint density at radius 3 is 2.38 bits per heavy atom. The van der Waals surface area contributed by atoms with Crippen molar-refractivity contribution in [2.24, 2.45) is 5.10 Å². The molecule has 178 valence electrons. The van der Waals surface area contributed by atoms with E-state index in [4.69, 9.17) is 21.1 Å². The standard InChI is InChI=1S/C28H31ClN2O3/c1-3-4-5-8-19-33-27-10-7-6-9-26(27)28(32)31-30-21(2)23-13-17-25(18-14-23)34-20-22-11-15-24(29)16-12-22/h6-7,9-18H,3-5,8,19-20H2,1-2H3,(H,31,32). The summed E-state index contributed by atoms with van der Waals surface area (Å²) >= 11 is 5.91. The lowest BCUT2D eigenvalue weighted by atomic mass is 10.1. The third kappa shape index (κ3) is 7.92. The van der Waals surface area contributed by atoms with Crippen LogP contribution in [-0.4, -0.2) is 18.2 Å². The molecule has 5 nitrogen and oxygen atoms in total. The van der Waals surface area contributed by atoms with E-state index in [1.807, 2.05) is 73.7 Å². The smallest absolute Gasteiger partial charge is 0.275 e. The molecule has 3 aromatic rings. The Balaban J connectivity index is 1.54. The molecule has 0 spiro atoms. The minimum atomic E-state index is -0.300. The van der Waals surface area contributed by atoms with Crippen molar-refractivity contribution in [1.82, 2.24) is 5.43 Å². The number of benzene rings is 3. The zero-order chi connectivity index (χ0) is 24.2. The number of unbranched alkanes of at least 4 members (excludes halogenated alkanes) is 3. The van der Waals surface area contributed by atoms with Gasteiger partial charge in [-0.3, -0.25) is 4.79 Å². The lowest BCUT2D eigenvalue weighted by molar-refractivity contribution is 0.0950. The molecule has 34 heavy (non-hydrogen) atoms. The monoisotopic (exact) mass is 478 g/mol. The molecule has 0 saturated heterocycles. The number of nitrogens with zero attached hydrogens (tertiary/aromatic N) is 1. The van der Waals surface area contributed by atoms with E-state index in [1.54, 1.807) is 6.07 Å². The maximum atomic E-state index is 12.7. The second kappa shape index (κ2) is 13.4. The number of hydrogen-bond acceptors (Lipinski definition) is 4. The van der Waals surface area contributed by atoms with Crippen molar-refractivity contribution in [2.75, 3.05) is 6.61 Å². The van der Waals surface area contributed by atoms with Crippen molar-refractivity contribution in [3.63, 3.8) is 0 Å². The first-order valence-electron chi connectivity index (χ1n) is 11.6. The van der Waals surface area contributed by atoms with Crippen molar-refractivity contribution in [1.29, 1.82) is 0 Å². The van der Waals surface area contributed by atoms with Crippen LogP contribution in [0.3, 0.4) is 0 Å². The molecule has 0 bridgehead atoms. The molecule has 0 heterocycles. The Hall–Kier alpha value is -3.31. The third-order valence-electron chi connectivity index (χ3n) is 5.30. The van der Waals surface area contributed by atoms with Gasteiger partial charge in [0.25, 0.3) is 5.91 Å². The molecule has 0 atom stereocenters. The first-order chi connectivity index (χ1) is 16.6. The van der Waals surface area contributed by atoms with Crippen LogP contribution in [0.5, 0.6) is 11.5 Å². The van der Waals surface area contributed by atoms with Gasteiger partial charge in [-0.05, 0) is 73.0 Å². The van der Waals surface area contributed by atoms with Crippen LogP contribution in [0.1, 0.15) is 61.0 Å². The molecule has 0 aliphatic carbocycles. The van der Waals surface area contributed by atoms with E-state index in [9.17, 15) is 4.79 Å². The fourth-order valence-electron chi connectivity index (χ4n) is 3.29. The van der Waals surface area contributed by atoms with Gasteiger partial charge >= 0.3 is 0 Å². The average Bonchev–Trinajstić information content (AvgIpc) is 2.87. The van der Waals surface area contributed by atoms with E-state index >= 15 is 0 Å². The summed E-state index contributed by atoms with van der Waals surface area (Å²) in [4.78, 5) is 12.7. The SMILES string of the molecule is CCCCCCOc1ccccc1C(=O)NN=C(C)c1ccc(OCc2ccc(Cl)cc2)cc1. The van der Waals surface area contributed by atoms with Crippen LogP contribution >= 0.6 is 11.6 Å². The zero-order valence-electron chi connectivity index (χ0n) is 19.7. The van der Waals surface area contributed by atoms with Crippen molar-refractivity contribution in [2.45, 2.75) is 46.1 Å². The molecule has 0 aliphatic rings. The van der Waals surface area contributed by atoms with Crippen LogP contribution in [0.25, 0.3) is 0 Å². The minimum Gasteiger partial charge on any atom is -0.493 e. The van der Waals surface area contributed by atoms with E-state index in [0.717, 1.165) is 29.7 Å². The number of para-hydroxylation sites is 1. The van der Waals surface area contributed by atoms with Crippen molar-refractivity contribution in [3.05, 3.63) is 94.5 Å². The van der Waals surface area contributed by atoms with Gasteiger partial charge in [-0.25, -0.2) is 5.43 Å². The number of nitrogens with one attached hydrogen (secondary N) is 1. The van der Waals surface area contributed by atoms with Crippen LogP contribution < -0.4 is 14.9 Å². The summed E-state index contributed by atoms with van der Waals surface area (Å²) in [6.07, 6.45) is 4.46. The Labute approximate surface area is 206 Å². The number of ether oxygens (including phenoxy) is 2. The Morgan fingerprint density at radius 2 is 1.65 bits per heavy atom. The molecule has 0 radical (unpaired) electrons. The van der Waals surface area contributed by atoms with E-state index in [1.165, 1.54) is 12.8 Å².